The van der Waals surface area contributed by atoms with Gasteiger partial charge in [0.2, 0.25) is 0 Å². The maximum absolute atomic E-state index is 8.82. The number of hydrogen-bond donors (Lipinski definition) is 1. The molecule has 0 aromatic heterocycles. The van der Waals surface area contributed by atoms with Gasteiger partial charge in [-0.2, -0.15) is 0 Å². The predicted octanol–water partition coefficient (Wildman–Crippen LogP) is 2.08. The SMILES string of the molecule is CCCCCCC[C@@H]1OC[C@H](CO)O1. The first-order valence-corrected chi connectivity index (χ1v) is 5.74. The van der Waals surface area contributed by atoms with Crippen molar-refractivity contribution in [1.29, 1.82) is 0 Å². The summed E-state index contributed by atoms with van der Waals surface area (Å²) in [5.41, 5.74) is 0. The van der Waals surface area contributed by atoms with E-state index in [0.29, 0.717) is 6.61 Å². The van der Waals surface area contributed by atoms with Gasteiger partial charge < -0.3 is 14.6 Å². The van der Waals surface area contributed by atoms with Crippen LogP contribution < -0.4 is 0 Å². The second-order valence-electron chi connectivity index (χ2n) is 3.91. The van der Waals surface area contributed by atoms with Gasteiger partial charge in [0.15, 0.2) is 6.29 Å². The molecule has 0 saturated carbocycles. The first-order valence-electron chi connectivity index (χ1n) is 5.74. The van der Waals surface area contributed by atoms with E-state index in [1.807, 2.05) is 0 Å². The second-order valence-corrected chi connectivity index (χ2v) is 3.91. The number of ether oxygens (including phenoxy) is 2. The molecule has 3 nitrogen and oxygen atoms in total. The van der Waals surface area contributed by atoms with Crippen LogP contribution >= 0.6 is 0 Å². The van der Waals surface area contributed by atoms with Crippen LogP contribution in [0.15, 0.2) is 0 Å². The number of rotatable bonds is 7. The van der Waals surface area contributed by atoms with Crippen molar-refractivity contribution < 1.29 is 14.6 Å². The highest BCUT2D eigenvalue weighted by Gasteiger charge is 2.24. The summed E-state index contributed by atoms with van der Waals surface area (Å²) in [6.45, 7) is 2.84. The monoisotopic (exact) mass is 202 g/mol. The zero-order valence-corrected chi connectivity index (χ0v) is 9.08. The van der Waals surface area contributed by atoms with Crippen LogP contribution in [0.2, 0.25) is 0 Å². The van der Waals surface area contributed by atoms with Gasteiger partial charge in [0, 0.05) is 0 Å². The molecule has 0 bridgehead atoms. The summed E-state index contributed by atoms with van der Waals surface area (Å²) >= 11 is 0. The molecule has 1 heterocycles. The van der Waals surface area contributed by atoms with Gasteiger partial charge in [-0.15, -0.1) is 0 Å². The fraction of sp³-hybridized carbons (Fsp3) is 1.00. The second kappa shape index (κ2) is 7.21. The van der Waals surface area contributed by atoms with E-state index in [4.69, 9.17) is 14.6 Å². The Morgan fingerprint density at radius 1 is 1.21 bits per heavy atom. The molecule has 0 aliphatic carbocycles. The lowest BCUT2D eigenvalue weighted by atomic mass is 10.1. The molecule has 0 radical (unpaired) electrons. The van der Waals surface area contributed by atoms with E-state index < -0.39 is 0 Å². The Morgan fingerprint density at radius 2 is 2.00 bits per heavy atom. The van der Waals surface area contributed by atoms with Gasteiger partial charge in [0.25, 0.3) is 0 Å². The van der Waals surface area contributed by atoms with Crippen molar-refractivity contribution in [1.82, 2.24) is 0 Å². The lowest BCUT2D eigenvalue weighted by molar-refractivity contribution is -0.0701. The van der Waals surface area contributed by atoms with Gasteiger partial charge in [0.05, 0.1) is 13.2 Å². The average molecular weight is 202 g/mol. The van der Waals surface area contributed by atoms with E-state index in [0.717, 1.165) is 6.42 Å². The quantitative estimate of drug-likeness (QED) is 0.642. The van der Waals surface area contributed by atoms with Crippen LogP contribution in [0.1, 0.15) is 45.4 Å². The Labute approximate surface area is 86.4 Å². The van der Waals surface area contributed by atoms with E-state index in [-0.39, 0.29) is 19.0 Å². The minimum atomic E-state index is -0.0874. The van der Waals surface area contributed by atoms with Gasteiger partial charge in [-0.3, -0.25) is 0 Å². The molecule has 3 heteroatoms. The van der Waals surface area contributed by atoms with E-state index in [9.17, 15) is 0 Å². The molecule has 84 valence electrons. The van der Waals surface area contributed by atoms with E-state index in [2.05, 4.69) is 6.92 Å². The molecule has 0 unspecified atom stereocenters. The van der Waals surface area contributed by atoms with Gasteiger partial charge in [-0.25, -0.2) is 0 Å². The van der Waals surface area contributed by atoms with E-state index in [1.165, 1.54) is 32.1 Å². The highest BCUT2D eigenvalue weighted by atomic mass is 16.7. The van der Waals surface area contributed by atoms with Crippen LogP contribution in [-0.4, -0.2) is 30.7 Å². The number of unbranched alkanes of at least 4 members (excludes halogenated alkanes) is 4. The Morgan fingerprint density at radius 3 is 2.64 bits per heavy atom. The summed E-state index contributed by atoms with van der Waals surface area (Å²) in [7, 11) is 0. The molecule has 0 aromatic carbocycles. The van der Waals surface area contributed by atoms with Crippen LogP contribution in [0.5, 0.6) is 0 Å². The van der Waals surface area contributed by atoms with E-state index in [1.54, 1.807) is 0 Å². The third-order valence-corrected chi connectivity index (χ3v) is 2.56. The van der Waals surface area contributed by atoms with Crippen LogP contribution in [0.4, 0.5) is 0 Å². The number of hydrogen-bond acceptors (Lipinski definition) is 3. The molecule has 1 rings (SSSR count). The molecule has 1 N–H and O–H groups in total. The smallest absolute Gasteiger partial charge is 0.158 e. The lowest BCUT2D eigenvalue weighted by Crippen LogP contribution is -2.16. The summed E-state index contributed by atoms with van der Waals surface area (Å²) in [4.78, 5) is 0. The normalized spacial score (nSPS) is 27.0. The zero-order chi connectivity index (χ0) is 10.2. The maximum Gasteiger partial charge on any atom is 0.158 e. The van der Waals surface area contributed by atoms with Crippen molar-refractivity contribution in [3.05, 3.63) is 0 Å². The topological polar surface area (TPSA) is 38.7 Å². The molecule has 0 amide bonds. The third kappa shape index (κ3) is 4.40. The summed E-state index contributed by atoms with van der Waals surface area (Å²) in [6.07, 6.45) is 7.18. The number of aliphatic hydroxyl groups excluding tert-OH is 1. The van der Waals surface area contributed by atoms with Crippen molar-refractivity contribution in [2.75, 3.05) is 13.2 Å². The molecule has 1 aliphatic rings. The highest BCUT2D eigenvalue weighted by Crippen LogP contribution is 2.17. The summed E-state index contributed by atoms with van der Waals surface area (Å²) in [5, 5.41) is 8.82. The minimum Gasteiger partial charge on any atom is -0.394 e. The van der Waals surface area contributed by atoms with Gasteiger partial charge in [0.1, 0.15) is 6.10 Å². The summed E-state index contributed by atoms with van der Waals surface area (Å²) < 4.78 is 10.8. The first kappa shape index (κ1) is 12.0. The molecule has 2 atom stereocenters. The molecular weight excluding hydrogens is 180 g/mol. The predicted molar refractivity (Wildman–Crippen MR) is 55.1 cm³/mol. The standard InChI is InChI=1S/C11H22O3/c1-2-3-4-5-6-7-11-13-9-10(8-12)14-11/h10-12H,2-9H2,1H3/t10-,11+/m0/s1. The van der Waals surface area contributed by atoms with Crippen LogP contribution in [0, 0.1) is 0 Å². The fourth-order valence-corrected chi connectivity index (χ4v) is 1.67. The molecule has 1 aliphatic heterocycles. The first-order chi connectivity index (χ1) is 6.86. The average Bonchev–Trinajstić information content (AvgIpc) is 2.65. The van der Waals surface area contributed by atoms with Gasteiger partial charge in [-0.05, 0) is 12.8 Å². The molecule has 1 fully saturated rings. The number of aliphatic hydroxyl groups is 1. The van der Waals surface area contributed by atoms with Crippen LogP contribution in [-0.2, 0) is 9.47 Å². The fourth-order valence-electron chi connectivity index (χ4n) is 1.67. The van der Waals surface area contributed by atoms with Crippen molar-refractivity contribution in [3.63, 3.8) is 0 Å². The van der Waals surface area contributed by atoms with Crippen molar-refractivity contribution in [2.45, 2.75) is 57.8 Å². The highest BCUT2D eigenvalue weighted by molar-refractivity contribution is 4.63. The third-order valence-electron chi connectivity index (χ3n) is 2.56. The lowest BCUT2D eigenvalue weighted by Gasteiger charge is -2.09. The van der Waals surface area contributed by atoms with Crippen molar-refractivity contribution in [3.8, 4) is 0 Å². The Balaban J connectivity index is 1.92. The van der Waals surface area contributed by atoms with Crippen molar-refractivity contribution in [2.24, 2.45) is 0 Å². The summed E-state index contributed by atoms with van der Waals surface area (Å²) in [5.74, 6) is 0. The molecular formula is C11H22O3. The molecule has 0 aromatic rings. The molecule has 1 saturated heterocycles. The minimum absolute atomic E-state index is 0.0613. The Bertz CT molecular complexity index is 138. The van der Waals surface area contributed by atoms with Crippen molar-refractivity contribution >= 4 is 0 Å². The Hall–Kier alpha value is -0.120. The van der Waals surface area contributed by atoms with Gasteiger partial charge in [-0.1, -0.05) is 32.6 Å². The Kier molecular flexibility index (Phi) is 6.15. The summed E-state index contributed by atoms with van der Waals surface area (Å²) in [6, 6.07) is 0. The molecule has 0 spiro atoms. The van der Waals surface area contributed by atoms with E-state index >= 15 is 0 Å². The van der Waals surface area contributed by atoms with Gasteiger partial charge >= 0.3 is 0 Å². The molecule has 14 heavy (non-hydrogen) atoms. The zero-order valence-electron chi connectivity index (χ0n) is 9.08. The van der Waals surface area contributed by atoms with Crippen LogP contribution in [0.25, 0.3) is 0 Å². The largest absolute Gasteiger partial charge is 0.394 e. The van der Waals surface area contributed by atoms with Crippen LogP contribution in [0.3, 0.4) is 0 Å². The maximum atomic E-state index is 8.82.